The van der Waals surface area contributed by atoms with Gasteiger partial charge in [-0.15, -0.1) is 0 Å². The summed E-state index contributed by atoms with van der Waals surface area (Å²) in [5.41, 5.74) is 0. The molecule has 0 saturated carbocycles. The summed E-state index contributed by atoms with van der Waals surface area (Å²) in [6.07, 6.45) is 2.29. The minimum atomic E-state index is 0.0891. The lowest BCUT2D eigenvalue weighted by atomic mass is 9.92. The van der Waals surface area contributed by atoms with Crippen LogP contribution < -0.4 is 0 Å². The van der Waals surface area contributed by atoms with E-state index in [4.69, 9.17) is 0 Å². The Morgan fingerprint density at radius 1 is 1.50 bits per heavy atom. The topological polar surface area (TPSA) is 20.3 Å². The molecule has 12 heavy (non-hydrogen) atoms. The van der Waals surface area contributed by atoms with Crippen LogP contribution in [-0.2, 0) is 4.79 Å². The maximum atomic E-state index is 11.1. The molecule has 3 heteroatoms. The first kappa shape index (κ1) is 10.2. The third-order valence-electron chi connectivity index (χ3n) is 2.57. The number of halogens is 1. The maximum Gasteiger partial charge on any atom is 0.143 e. The lowest BCUT2D eigenvalue weighted by Gasteiger charge is -2.30. The van der Waals surface area contributed by atoms with Crippen molar-refractivity contribution in [2.45, 2.75) is 24.6 Å². The Labute approximate surface area is 82.4 Å². The van der Waals surface area contributed by atoms with Crippen molar-refractivity contribution in [1.82, 2.24) is 4.90 Å². The molecule has 0 bridgehead atoms. The summed E-state index contributed by atoms with van der Waals surface area (Å²) < 4.78 is 0. The van der Waals surface area contributed by atoms with Gasteiger partial charge in [-0.25, -0.2) is 0 Å². The molecule has 0 aromatic carbocycles. The first-order valence-electron chi connectivity index (χ1n) is 4.44. The van der Waals surface area contributed by atoms with Gasteiger partial charge in [-0.3, -0.25) is 4.79 Å². The maximum absolute atomic E-state index is 11.1. The van der Waals surface area contributed by atoms with Crippen molar-refractivity contribution >= 4 is 21.7 Å². The van der Waals surface area contributed by atoms with Crippen LogP contribution in [0.5, 0.6) is 0 Å². The predicted molar refractivity (Wildman–Crippen MR) is 53.6 cm³/mol. The first-order valence-corrected chi connectivity index (χ1v) is 5.36. The fourth-order valence-corrected chi connectivity index (χ4v) is 2.18. The molecule has 0 radical (unpaired) electrons. The third-order valence-corrected chi connectivity index (χ3v) is 3.96. The van der Waals surface area contributed by atoms with Gasteiger partial charge in [0.25, 0.3) is 0 Å². The zero-order valence-corrected chi connectivity index (χ0v) is 9.30. The van der Waals surface area contributed by atoms with Crippen molar-refractivity contribution in [3.63, 3.8) is 0 Å². The largest absolute Gasteiger partial charge is 0.306 e. The number of hydrogen-bond acceptors (Lipinski definition) is 2. The predicted octanol–water partition coefficient (Wildman–Crippen LogP) is 1.68. The smallest absolute Gasteiger partial charge is 0.143 e. The second-order valence-electron chi connectivity index (χ2n) is 3.65. The Hall–Kier alpha value is 0.110. The van der Waals surface area contributed by atoms with Crippen LogP contribution in [0.15, 0.2) is 0 Å². The number of carbonyl (C=O) groups excluding carboxylic acids is 1. The standard InChI is InChI=1S/C9H16BrNO/c1-7(12)9(10)8-3-5-11(2)6-4-8/h8-9H,3-6H2,1-2H3. The van der Waals surface area contributed by atoms with Gasteiger partial charge in [-0.05, 0) is 45.8 Å². The normalized spacial score (nSPS) is 23.9. The number of Topliss-reactive ketones (excluding diaryl/α,β-unsaturated/α-hetero) is 1. The number of piperidine rings is 1. The summed E-state index contributed by atoms with van der Waals surface area (Å²) in [4.78, 5) is 13.5. The number of alkyl halides is 1. The van der Waals surface area contributed by atoms with Crippen LogP contribution in [-0.4, -0.2) is 35.6 Å². The van der Waals surface area contributed by atoms with Crippen LogP contribution in [0.1, 0.15) is 19.8 Å². The van der Waals surface area contributed by atoms with Gasteiger partial charge >= 0.3 is 0 Å². The van der Waals surface area contributed by atoms with Crippen LogP contribution in [0.3, 0.4) is 0 Å². The molecule has 0 aromatic heterocycles. The van der Waals surface area contributed by atoms with E-state index >= 15 is 0 Å². The monoisotopic (exact) mass is 233 g/mol. The van der Waals surface area contributed by atoms with Gasteiger partial charge in [-0.2, -0.15) is 0 Å². The average Bonchev–Trinajstić information content (AvgIpc) is 2.04. The molecule has 2 nitrogen and oxygen atoms in total. The van der Waals surface area contributed by atoms with E-state index in [2.05, 4.69) is 27.9 Å². The van der Waals surface area contributed by atoms with Gasteiger partial charge in [0.05, 0.1) is 4.83 Å². The number of hydrogen-bond donors (Lipinski definition) is 0. The highest BCUT2D eigenvalue weighted by atomic mass is 79.9. The van der Waals surface area contributed by atoms with Crippen molar-refractivity contribution in [3.8, 4) is 0 Å². The van der Waals surface area contributed by atoms with Gasteiger partial charge < -0.3 is 4.90 Å². The van der Waals surface area contributed by atoms with Gasteiger partial charge in [-0.1, -0.05) is 15.9 Å². The Kier molecular flexibility index (Phi) is 3.72. The molecule has 0 spiro atoms. The molecule has 1 heterocycles. The molecule has 1 rings (SSSR count). The second kappa shape index (κ2) is 4.38. The summed E-state index contributed by atoms with van der Waals surface area (Å²) in [7, 11) is 2.13. The lowest BCUT2D eigenvalue weighted by molar-refractivity contribution is -0.117. The number of ketones is 1. The van der Waals surface area contributed by atoms with Crippen molar-refractivity contribution in [3.05, 3.63) is 0 Å². The Bertz CT molecular complexity index is 164. The number of likely N-dealkylation sites (tertiary alicyclic amines) is 1. The third kappa shape index (κ3) is 2.56. The van der Waals surface area contributed by atoms with Crippen LogP contribution in [0.25, 0.3) is 0 Å². The highest BCUT2D eigenvalue weighted by Gasteiger charge is 2.25. The highest BCUT2D eigenvalue weighted by molar-refractivity contribution is 9.10. The highest BCUT2D eigenvalue weighted by Crippen LogP contribution is 2.25. The molecule has 1 aliphatic heterocycles. The van der Waals surface area contributed by atoms with E-state index in [1.807, 2.05) is 0 Å². The average molecular weight is 234 g/mol. The SMILES string of the molecule is CC(=O)C(Br)C1CCN(C)CC1. The Morgan fingerprint density at radius 2 is 2.00 bits per heavy atom. The number of carbonyl (C=O) groups is 1. The van der Waals surface area contributed by atoms with Crippen LogP contribution in [0, 0.1) is 5.92 Å². The lowest BCUT2D eigenvalue weighted by Crippen LogP contribution is -2.35. The second-order valence-corrected chi connectivity index (χ2v) is 4.64. The molecule has 1 unspecified atom stereocenters. The summed E-state index contributed by atoms with van der Waals surface area (Å²) in [6.45, 7) is 3.91. The van der Waals surface area contributed by atoms with Crippen molar-refractivity contribution in [2.24, 2.45) is 5.92 Å². The molecule has 1 saturated heterocycles. The number of nitrogens with zero attached hydrogens (tertiary/aromatic N) is 1. The van der Waals surface area contributed by atoms with Gasteiger partial charge in [0.1, 0.15) is 5.78 Å². The van der Waals surface area contributed by atoms with E-state index in [0.717, 1.165) is 25.9 Å². The Morgan fingerprint density at radius 3 is 2.42 bits per heavy atom. The molecule has 70 valence electrons. The van der Waals surface area contributed by atoms with Crippen LogP contribution >= 0.6 is 15.9 Å². The van der Waals surface area contributed by atoms with Crippen LogP contribution in [0.2, 0.25) is 0 Å². The van der Waals surface area contributed by atoms with E-state index < -0.39 is 0 Å². The zero-order valence-electron chi connectivity index (χ0n) is 7.72. The summed E-state index contributed by atoms with van der Waals surface area (Å²) in [6, 6.07) is 0. The van der Waals surface area contributed by atoms with Gasteiger partial charge in [0.15, 0.2) is 0 Å². The summed E-state index contributed by atoms with van der Waals surface area (Å²) in [5.74, 6) is 0.822. The van der Waals surface area contributed by atoms with Gasteiger partial charge in [0, 0.05) is 0 Å². The zero-order chi connectivity index (χ0) is 9.14. The van der Waals surface area contributed by atoms with Gasteiger partial charge in [0.2, 0.25) is 0 Å². The van der Waals surface area contributed by atoms with Crippen molar-refractivity contribution < 1.29 is 4.79 Å². The minimum Gasteiger partial charge on any atom is -0.306 e. The van der Waals surface area contributed by atoms with E-state index in [1.165, 1.54) is 0 Å². The molecule has 1 fully saturated rings. The van der Waals surface area contributed by atoms with E-state index in [1.54, 1.807) is 6.92 Å². The summed E-state index contributed by atoms with van der Waals surface area (Å²) >= 11 is 3.46. The quantitative estimate of drug-likeness (QED) is 0.677. The molecule has 0 aliphatic carbocycles. The van der Waals surface area contributed by atoms with E-state index in [0.29, 0.717) is 5.92 Å². The fraction of sp³-hybridized carbons (Fsp3) is 0.889. The Balaban J connectivity index is 2.39. The molecule has 0 amide bonds. The number of rotatable bonds is 2. The molecular formula is C9H16BrNO. The molecule has 1 aliphatic rings. The molecular weight excluding hydrogens is 218 g/mol. The van der Waals surface area contributed by atoms with E-state index in [9.17, 15) is 4.79 Å². The fourth-order valence-electron chi connectivity index (χ4n) is 1.65. The molecule has 0 N–H and O–H groups in total. The minimum absolute atomic E-state index is 0.0891. The molecule has 1 atom stereocenters. The van der Waals surface area contributed by atoms with Crippen molar-refractivity contribution in [1.29, 1.82) is 0 Å². The summed E-state index contributed by atoms with van der Waals surface area (Å²) in [5, 5.41) is 0. The van der Waals surface area contributed by atoms with Crippen molar-refractivity contribution in [2.75, 3.05) is 20.1 Å². The van der Waals surface area contributed by atoms with E-state index in [-0.39, 0.29) is 10.6 Å². The van der Waals surface area contributed by atoms with Crippen LogP contribution in [0.4, 0.5) is 0 Å². The molecule has 0 aromatic rings. The first-order chi connectivity index (χ1) is 5.61.